The van der Waals surface area contributed by atoms with Gasteiger partial charge in [-0.3, -0.25) is 5.84 Å². The minimum atomic E-state index is -0.729. The monoisotopic (exact) mass is 148 g/mol. The van der Waals surface area contributed by atoms with Crippen LogP contribution in [0.1, 0.15) is 13.8 Å². The van der Waals surface area contributed by atoms with Gasteiger partial charge in [-0.1, -0.05) is 0 Å². The van der Waals surface area contributed by atoms with E-state index in [0.717, 1.165) is 0 Å². The van der Waals surface area contributed by atoms with E-state index in [0.29, 0.717) is 6.54 Å². The van der Waals surface area contributed by atoms with Crippen molar-refractivity contribution in [1.29, 1.82) is 0 Å². The van der Waals surface area contributed by atoms with Crippen molar-refractivity contribution >= 4 is 0 Å². The topological polar surface area (TPSA) is 69.7 Å². The molecule has 1 atom stereocenters. The van der Waals surface area contributed by atoms with E-state index in [9.17, 15) is 0 Å². The summed E-state index contributed by atoms with van der Waals surface area (Å²) in [5.74, 6) is 5.46. The second-order valence-corrected chi connectivity index (χ2v) is 2.63. The van der Waals surface area contributed by atoms with Gasteiger partial charge in [0.15, 0.2) is 0 Å². The van der Waals surface area contributed by atoms with Crippen molar-refractivity contribution in [3.8, 4) is 0 Å². The lowest BCUT2D eigenvalue weighted by molar-refractivity contribution is 0.0494. The highest BCUT2D eigenvalue weighted by atomic mass is 16.3. The fourth-order valence-electron chi connectivity index (χ4n) is 0.512. The van der Waals surface area contributed by atoms with Crippen LogP contribution < -0.4 is 5.84 Å². The molecule has 10 heavy (non-hydrogen) atoms. The lowest BCUT2D eigenvalue weighted by atomic mass is 10.3. The molecule has 62 valence electrons. The molecule has 4 heteroatoms. The molecular formula is C6H16N2O2. The van der Waals surface area contributed by atoms with Crippen molar-refractivity contribution in [2.24, 2.45) is 5.84 Å². The van der Waals surface area contributed by atoms with Crippen molar-refractivity contribution in [3.05, 3.63) is 0 Å². The number of rotatable bonds is 4. The molecule has 0 spiro atoms. The molecule has 0 aliphatic carbocycles. The van der Waals surface area contributed by atoms with Crippen molar-refractivity contribution in [2.45, 2.75) is 26.0 Å². The SMILES string of the molecule is CC(C)N(N)C[C@H](O)CO. The molecule has 0 aromatic heterocycles. The van der Waals surface area contributed by atoms with Crippen LogP contribution in [0.4, 0.5) is 0 Å². The van der Waals surface area contributed by atoms with Crippen LogP contribution in [-0.2, 0) is 0 Å². The van der Waals surface area contributed by atoms with Gasteiger partial charge in [0.2, 0.25) is 0 Å². The van der Waals surface area contributed by atoms with E-state index >= 15 is 0 Å². The number of aliphatic hydroxyl groups is 2. The van der Waals surface area contributed by atoms with Gasteiger partial charge in [-0.15, -0.1) is 0 Å². The fraction of sp³-hybridized carbons (Fsp3) is 1.00. The first-order chi connectivity index (χ1) is 4.57. The van der Waals surface area contributed by atoms with E-state index in [-0.39, 0.29) is 12.6 Å². The normalized spacial score (nSPS) is 14.7. The lowest BCUT2D eigenvalue weighted by Gasteiger charge is -2.22. The summed E-state index contributed by atoms with van der Waals surface area (Å²) in [5, 5.41) is 18.8. The first-order valence-corrected chi connectivity index (χ1v) is 3.38. The van der Waals surface area contributed by atoms with Gasteiger partial charge in [0, 0.05) is 12.6 Å². The summed E-state index contributed by atoms with van der Waals surface area (Å²) in [6, 6.07) is 0.196. The summed E-state index contributed by atoms with van der Waals surface area (Å²) in [4.78, 5) is 0. The summed E-state index contributed by atoms with van der Waals surface area (Å²) in [6.07, 6.45) is -0.729. The third-order valence-electron chi connectivity index (χ3n) is 1.30. The number of nitrogens with two attached hydrogens (primary N) is 1. The van der Waals surface area contributed by atoms with E-state index in [4.69, 9.17) is 16.1 Å². The second-order valence-electron chi connectivity index (χ2n) is 2.63. The number of hydrogen-bond donors (Lipinski definition) is 3. The largest absolute Gasteiger partial charge is 0.394 e. The summed E-state index contributed by atoms with van der Waals surface area (Å²) in [5.41, 5.74) is 0. The molecule has 0 aliphatic rings. The fourth-order valence-corrected chi connectivity index (χ4v) is 0.512. The molecule has 0 aromatic rings. The maximum absolute atomic E-state index is 8.91. The Morgan fingerprint density at radius 1 is 1.50 bits per heavy atom. The summed E-state index contributed by atoms with van der Waals surface area (Å²) < 4.78 is 0. The standard InChI is InChI=1S/C6H16N2O2/c1-5(2)8(7)3-6(10)4-9/h5-6,9-10H,3-4,7H2,1-2H3/t6-/m0/s1. The van der Waals surface area contributed by atoms with Gasteiger partial charge in [-0.25, -0.2) is 5.01 Å². The molecule has 0 heterocycles. The Kier molecular flexibility index (Phi) is 4.55. The van der Waals surface area contributed by atoms with Crippen molar-refractivity contribution in [2.75, 3.05) is 13.2 Å². The maximum Gasteiger partial charge on any atom is 0.0911 e. The van der Waals surface area contributed by atoms with Gasteiger partial charge in [0.1, 0.15) is 0 Å². The molecule has 0 aromatic carbocycles. The summed E-state index contributed by atoms with van der Waals surface area (Å²) in [7, 11) is 0. The van der Waals surface area contributed by atoms with Crippen LogP contribution in [0.5, 0.6) is 0 Å². The third kappa shape index (κ3) is 3.79. The number of hydrazine groups is 1. The predicted octanol–water partition coefficient (Wildman–Crippen LogP) is -1.08. The van der Waals surface area contributed by atoms with Crippen molar-refractivity contribution < 1.29 is 10.2 Å². The Balaban J connectivity index is 3.46. The quantitative estimate of drug-likeness (QED) is 0.350. The Bertz CT molecular complexity index is 87.8. The van der Waals surface area contributed by atoms with E-state index in [1.54, 1.807) is 0 Å². The van der Waals surface area contributed by atoms with Gasteiger partial charge < -0.3 is 10.2 Å². The minimum Gasteiger partial charge on any atom is -0.394 e. The molecular weight excluding hydrogens is 132 g/mol. The Morgan fingerprint density at radius 3 is 2.30 bits per heavy atom. The molecule has 0 unspecified atom stereocenters. The number of nitrogens with zero attached hydrogens (tertiary/aromatic N) is 1. The van der Waals surface area contributed by atoms with Crippen LogP contribution in [0.3, 0.4) is 0 Å². The van der Waals surface area contributed by atoms with Crippen molar-refractivity contribution in [3.63, 3.8) is 0 Å². The van der Waals surface area contributed by atoms with E-state index in [1.165, 1.54) is 5.01 Å². The van der Waals surface area contributed by atoms with Crippen LogP contribution in [0.2, 0.25) is 0 Å². The predicted molar refractivity (Wildman–Crippen MR) is 39.1 cm³/mol. The molecule has 0 aliphatic heterocycles. The van der Waals surface area contributed by atoms with Gasteiger partial charge in [0.05, 0.1) is 12.7 Å². The summed E-state index contributed by atoms with van der Waals surface area (Å²) in [6.45, 7) is 3.92. The van der Waals surface area contributed by atoms with Crippen LogP contribution in [0.25, 0.3) is 0 Å². The zero-order valence-electron chi connectivity index (χ0n) is 6.49. The zero-order chi connectivity index (χ0) is 8.15. The van der Waals surface area contributed by atoms with E-state index < -0.39 is 6.10 Å². The second kappa shape index (κ2) is 4.62. The first kappa shape index (κ1) is 9.84. The molecule has 0 saturated carbocycles. The van der Waals surface area contributed by atoms with Crippen LogP contribution in [-0.4, -0.2) is 40.5 Å². The summed E-state index contributed by atoms with van der Waals surface area (Å²) >= 11 is 0. The van der Waals surface area contributed by atoms with E-state index in [1.807, 2.05) is 13.8 Å². The van der Waals surface area contributed by atoms with Gasteiger partial charge >= 0.3 is 0 Å². The third-order valence-corrected chi connectivity index (χ3v) is 1.30. The molecule has 0 rings (SSSR count). The highest BCUT2D eigenvalue weighted by molar-refractivity contribution is 4.60. The lowest BCUT2D eigenvalue weighted by Crippen LogP contribution is -2.43. The molecule has 0 bridgehead atoms. The average Bonchev–Trinajstić information content (AvgIpc) is 1.87. The molecule has 0 saturated heterocycles. The Morgan fingerprint density at radius 2 is 2.00 bits per heavy atom. The van der Waals surface area contributed by atoms with E-state index in [2.05, 4.69) is 0 Å². The van der Waals surface area contributed by atoms with Gasteiger partial charge in [0.25, 0.3) is 0 Å². The maximum atomic E-state index is 8.91. The Hall–Kier alpha value is -0.160. The first-order valence-electron chi connectivity index (χ1n) is 3.38. The molecule has 4 nitrogen and oxygen atoms in total. The number of aliphatic hydroxyl groups excluding tert-OH is 2. The average molecular weight is 148 g/mol. The van der Waals surface area contributed by atoms with Gasteiger partial charge in [-0.05, 0) is 13.8 Å². The number of hydrogen-bond acceptors (Lipinski definition) is 4. The molecule has 4 N–H and O–H groups in total. The molecule has 0 radical (unpaired) electrons. The highest BCUT2D eigenvalue weighted by Crippen LogP contribution is 1.91. The van der Waals surface area contributed by atoms with Crippen molar-refractivity contribution in [1.82, 2.24) is 5.01 Å². The van der Waals surface area contributed by atoms with Crippen LogP contribution in [0.15, 0.2) is 0 Å². The highest BCUT2D eigenvalue weighted by Gasteiger charge is 2.08. The van der Waals surface area contributed by atoms with Crippen LogP contribution >= 0.6 is 0 Å². The molecule has 0 amide bonds. The molecule has 0 fully saturated rings. The minimum absolute atomic E-state index is 0.196. The zero-order valence-corrected chi connectivity index (χ0v) is 6.49. The van der Waals surface area contributed by atoms with Gasteiger partial charge in [-0.2, -0.15) is 0 Å². The van der Waals surface area contributed by atoms with Crippen LogP contribution in [0, 0.1) is 0 Å². The smallest absolute Gasteiger partial charge is 0.0911 e. The Labute approximate surface area is 61.2 Å².